The highest BCUT2D eigenvalue weighted by atomic mass is 32.2. The van der Waals surface area contributed by atoms with E-state index < -0.39 is 10.7 Å². The lowest BCUT2D eigenvalue weighted by Gasteiger charge is -2.20. The topological polar surface area (TPSA) is 82.1 Å². The molecule has 0 unspecified atom stereocenters. The molecule has 0 aliphatic carbocycles. The van der Waals surface area contributed by atoms with E-state index in [-0.39, 0.29) is 0 Å². The van der Waals surface area contributed by atoms with E-state index in [9.17, 15) is 9.90 Å². The lowest BCUT2D eigenvalue weighted by Crippen LogP contribution is -2.27. The van der Waals surface area contributed by atoms with Gasteiger partial charge in [-0.2, -0.15) is 0 Å². The van der Waals surface area contributed by atoms with Gasteiger partial charge >= 0.3 is 5.97 Å². The fraction of sp³-hybridized carbons (Fsp3) is 0.278. The molecule has 6 nitrogen and oxygen atoms in total. The second-order valence-corrected chi connectivity index (χ2v) is 8.07. The van der Waals surface area contributed by atoms with E-state index in [0.717, 1.165) is 22.2 Å². The maximum absolute atomic E-state index is 11.5. The summed E-state index contributed by atoms with van der Waals surface area (Å²) in [5, 5.41) is 11.1. The molecule has 1 aromatic carbocycles. The van der Waals surface area contributed by atoms with Crippen molar-refractivity contribution in [2.75, 3.05) is 19.0 Å². The minimum Gasteiger partial charge on any atom is -0.480 e. The van der Waals surface area contributed by atoms with Crippen LogP contribution in [-0.2, 0) is 4.79 Å². The fourth-order valence-electron chi connectivity index (χ4n) is 2.48. The Labute approximate surface area is 150 Å². The van der Waals surface area contributed by atoms with Crippen LogP contribution in [0.5, 0.6) is 0 Å². The number of nitrogens with zero attached hydrogens (tertiary/aromatic N) is 3. The highest BCUT2D eigenvalue weighted by Crippen LogP contribution is 2.39. The van der Waals surface area contributed by atoms with E-state index in [1.54, 1.807) is 26.2 Å². The second kappa shape index (κ2) is 6.40. The monoisotopic (exact) mass is 356 g/mol. The molecule has 3 aromatic rings. The summed E-state index contributed by atoms with van der Waals surface area (Å²) in [6.45, 7) is 3.33. The number of anilines is 1. The smallest absolute Gasteiger partial charge is 0.319 e. The van der Waals surface area contributed by atoms with Gasteiger partial charge in [0.25, 0.3) is 0 Å². The number of carboxylic acids is 1. The molecule has 130 valence electrons. The number of benzene rings is 1. The van der Waals surface area contributed by atoms with Gasteiger partial charge in [-0.1, -0.05) is 11.8 Å². The van der Waals surface area contributed by atoms with Crippen LogP contribution >= 0.6 is 11.8 Å². The summed E-state index contributed by atoms with van der Waals surface area (Å²) in [7, 11) is 3.96. The van der Waals surface area contributed by atoms with Gasteiger partial charge in [-0.05, 0) is 32.0 Å². The Kier molecular flexibility index (Phi) is 4.43. The Morgan fingerprint density at radius 3 is 2.64 bits per heavy atom. The summed E-state index contributed by atoms with van der Waals surface area (Å²) in [6, 6.07) is 6.12. The fourth-order valence-corrected chi connectivity index (χ4v) is 3.42. The number of aromatic nitrogens is 3. The number of carboxylic acid groups (broad SMARTS) is 1. The van der Waals surface area contributed by atoms with Gasteiger partial charge in [0, 0.05) is 54.8 Å². The normalized spacial score (nSPS) is 11.7. The average Bonchev–Trinajstić information content (AvgIpc) is 3.02. The van der Waals surface area contributed by atoms with Crippen LogP contribution < -0.4 is 4.90 Å². The predicted molar refractivity (Wildman–Crippen MR) is 101 cm³/mol. The molecule has 0 spiro atoms. The van der Waals surface area contributed by atoms with E-state index in [1.807, 2.05) is 31.3 Å². The standard InChI is InChI=1S/C18H20N4O2S/c1-18(2,17(23)24)25-16-15(20-7-8-21-16)13-9-11(22(3)4)10-14-12(13)5-6-19-14/h5-10,19H,1-4H3,(H,23,24). The summed E-state index contributed by atoms with van der Waals surface area (Å²) in [5.74, 6) is -0.886. The van der Waals surface area contributed by atoms with Crippen LogP contribution in [-0.4, -0.2) is 44.9 Å². The Hall–Kier alpha value is -2.54. The van der Waals surface area contributed by atoms with Gasteiger partial charge in [0.2, 0.25) is 0 Å². The van der Waals surface area contributed by atoms with Gasteiger partial charge in [0.15, 0.2) is 0 Å². The SMILES string of the molecule is CN(C)c1cc(-c2nccnc2SC(C)(C)C(=O)O)c2cc[nH]c2c1. The number of hydrogen-bond acceptors (Lipinski definition) is 5. The lowest BCUT2D eigenvalue weighted by atomic mass is 10.1. The predicted octanol–water partition coefficient (Wildman–Crippen LogP) is 3.65. The lowest BCUT2D eigenvalue weighted by molar-refractivity contribution is -0.138. The summed E-state index contributed by atoms with van der Waals surface area (Å²) < 4.78 is -0.999. The van der Waals surface area contributed by atoms with E-state index >= 15 is 0 Å². The third kappa shape index (κ3) is 3.32. The molecule has 0 saturated heterocycles. The Balaban J connectivity index is 2.19. The maximum Gasteiger partial charge on any atom is 0.319 e. The van der Waals surface area contributed by atoms with Crippen molar-refractivity contribution in [3.63, 3.8) is 0 Å². The first-order valence-electron chi connectivity index (χ1n) is 7.82. The van der Waals surface area contributed by atoms with Crippen molar-refractivity contribution in [2.24, 2.45) is 0 Å². The summed E-state index contributed by atoms with van der Waals surface area (Å²) in [4.78, 5) is 25.7. The number of aliphatic carboxylic acids is 1. The maximum atomic E-state index is 11.5. The van der Waals surface area contributed by atoms with Gasteiger partial charge in [-0.15, -0.1) is 0 Å². The Morgan fingerprint density at radius 1 is 1.24 bits per heavy atom. The van der Waals surface area contributed by atoms with Gasteiger partial charge in [-0.3, -0.25) is 9.78 Å². The summed E-state index contributed by atoms with van der Waals surface area (Å²) >= 11 is 1.20. The number of rotatable bonds is 5. The van der Waals surface area contributed by atoms with Crippen LogP contribution in [0.1, 0.15) is 13.8 Å². The van der Waals surface area contributed by atoms with Crippen LogP contribution in [0.4, 0.5) is 5.69 Å². The largest absolute Gasteiger partial charge is 0.480 e. The van der Waals surface area contributed by atoms with Crippen LogP contribution in [0.3, 0.4) is 0 Å². The molecule has 0 aliphatic rings. The van der Waals surface area contributed by atoms with Gasteiger partial charge in [0.05, 0.1) is 0 Å². The first-order valence-corrected chi connectivity index (χ1v) is 8.63. The first kappa shape index (κ1) is 17.3. The summed E-state index contributed by atoms with van der Waals surface area (Å²) in [5.41, 5.74) is 3.65. The molecule has 0 saturated carbocycles. The molecule has 0 fully saturated rings. The molecule has 0 atom stereocenters. The first-order chi connectivity index (χ1) is 11.8. The van der Waals surface area contributed by atoms with E-state index in [1.165, 1.54) is 11.8 Å². The molecule has 0 radical (unpaired) electrons. The van der Waals surface area contributed by atoms with Crippen molar-refractivity contribution in [3.8, 4) is 11.3 Å². The molecular weight excluding hydrogens is 336 g/mol. The van der Waals surface area contributed by atoms with Crippen molar-refractivity contribution in [2.45, 2.75) is 23.6 Å². The van der Waals surface area contributed by atoms with Crippen molar-refractivity contribution in [1.82, 2.24) is 15.0 Å². The minimum atomic E-state index is -0.999. The van der Waals surface area contributed by atoms with Crippen LogP contribution in [0.25, 0.3) is 22.2 Å². The van der Waals surface area contributed by atoms with Crippen molar-refractivity contribution in [3.05, 3.63) is 36.8 Å². The second-order valence-electron chi connectivity index (χ2n) is 6.45. The Bertz CT molecular complexity index is 934. The summed E-state index contributed by atoms with van der Waals surface area (Å²) in [6.07, 6.45) is 5.11. The van der Waals surface area contributed by atoms with Crippen molar-refractivity contribution >= 4 is 34.3 Å². The number of nitrogens with one attached hydrogen (secondary N) is 1. The molecule has 7 heteroatoms. The third-order valence-corrected chi connectivity index (χ3v) is 5.13. The number of carbonyl (C=O) groups is 1. The molecule has 0 amide bonds. The Morgan fingerprint density at radius 2 is 1.96 bits per heavy atom. The number of hydrogen-bond donors (Lipinski definition) is 2. The number of thioether (sulfide) groups is 1. The zero-order valence-corrected chi connectivity index (χ0v) is 15.4. The number of aromatic amines is 1. The molecule has 2 N–H and O–H groups in total. The van der Waals surface area contributed by atoms with E-state index in [0.29, 0.717) is 10.7 Å². The molecule has 2 heterocycles. The minimum absolute atomic E-state index is 0.605. The van der Waals surface area contributed by atoms with Crippen LogP contribution in [0.15, 0.2) is 41.8 Å². The van der Waals surface area contributed by atoms with E-state index in [2.05, 4.69) is 27.1 Å². The number of fused-ring (bicyclic) bond motifs is 1. The molecule has 0 aliphatic heterocycles. The highest BCUT2D eigenvalue weighted by molar-refractivity contribution is 8.01. The zero-order chi connectivity index (χ0) is 18.2. The van der Waals surface area contributed by atoms with Gasteiger partial charge in [-0.25, -0.2) is 4.98 Å². The molecule has 2 aromatic heterocycles. The van der Waals surface area contributed by atoms with E-state index in [4.69, 9.17) is 0 Å². The van der Waals surface area contributed by atoms with Gasteiger partial charge in [0.1, 0.15) is 15.5 Å². The highest BCUT2D eigenvalue weighted by Gasteiger charge is 2.31. The molecule has 3 rings (SSSR count). The quantitative estimate of drug-likeness (QED) is 0.679. The van der Waals surface area contributed by atoms with Crippen LogP contribution in [0.2, 0.25) is 0 Å². The molecule has 25 heavy (non-hydrogen) atoms. The third-order valence-electron chi connectivity index (χ3n) is 3.96. The van der Waals surface area contributed by atoms with Gasteiger partial charge < -0.3 is 15.0 Å². The molecule has 0 bridgehead atoms. The molecular formula is C18H20N4O2S. The number of H-pyrrole nitrogens is 1. The van der Waals surface area contributed by atoms with Crippen LogP contribution in [0, 0.1) is 0 Å². The van der Waals surface area contributed by atoms with Crippen molar-refractivity contribution < 1.29 is 9.90 Å². The van der Waals surface area contributed by atoms with Crippen molar-refractivity contribution in [1.29, 1.82) is 0 Å². The average molecular weight is 356 g/mol. The zero-order valence-electron chi connectivity index (χ0n) is 14.6.